The summed E-state index contributed by atoms with van der Waals surface area (Å²) in [6.07, 6.45) is 0. The van der Waals surface area contributed by atoms with Crippen LogP contribution >= 0.6 is 11.8 Å². The Bertz CT molecular complexity index is 1370. The van der Waals surface area contributed by atoms with Crippen molar-refractivity contribution in [1.29, 1.82) is 0 Å². The minimum absolute atomic E-state index is 0.0639. The molecule has 0 aliphatic carbocycles. The summed E-state index contributed by atoms with van der Waals surface area (Å²) in [6, 6.07) is 24.8. The van der Waals surface area contributed by atoms with Gasteiger partial charge in [-0.25, -0.2) is 0 Å². The van der Waals surface area contributed by atoms with Crippen molar-refractivity contribution < 1.29 is 14.3 Å². The normalized spacial score (nSPS) is 15.5. The van der Waals surface area contributed by atoms with E-state index >= 15 is 0 Å². The summed E-state index contributed by atoms with van der Waals surface area (Å²) in [6.45, 7) is 0.726. The average molecular weight is 486 g/mol. The van der Waals surface area contributed by atoms with E-state index in [2.05, 4.69) is 16.0 Å². The number of hydrogen-bond donors (Lipinski definition) is 1. The van der Waals surface area contributed by atoms with Crippen molar-refractivity contribution in [2.45, 2.75) is 24.2 Å². The molecular formula is C28H27N3O3S. The van der Waals surface area contributed by atoms with Crippen molar-refractivity contribution in [3.8, 4) is 5.75 Å². The molecule has 0 spiro atoms. The SMILES string of the molecule is COc1ccc(CN2C(=O)CSc3c(c4ccccc4n3C)[C@H]2C(=O)NCc2ccccc2)cc1. The molecule has 6 nitrogen and oxygen atoms in total. The Labute approximate surface area is 208 Å². The first-order valence-electron chi connectivity index (χ1n) is 11.5. The van der Waals surface area contributed by atoms with Crippen LogP contribution in [0.15, 0.2) is 83.9 Å². The van der Waals surface area contributed by atoms with Crippen LogP contribution in [0.5, 0.6) is 5.75 Å². The van der Waals surface area contributed by atoms with Gasteiger partial charge in [0.15, 0.2) is 0 Å². The second-order valence-electron chi connectivity index (χ2n) is 8.56. The molecule has 4 aromatic rings. The summed E-state index contributed by atoms with van der Waals surface area (Å²) in [5, 5.41) is 5.04. The predicted molar refractivity (Wildman–Crippen MR) is 138 cm³/mol. The lowest BCUT2D eigenvalue weighted by molar-refractivity contribution is -0.139. The molecule has 1 aliphatic heterocycles. The fourth-order valence-electron chi connectivity index (χ4n) is 4.61. The Morgan fingerprint density at radius 3 is 2.46 bits per heavy atom. The van der Waals surface area contributed by atoms with Crippen LogP contribution in [-0.4, -0.2) is 34.1 Å². The van der Waals surface area contributed by atoms with E-state index in [0.717, 1.165) is 38.4 Å². The van der Waals surface area contributed by atoms with Crippen molar-refractivity contribution in [3.63, 3.8) is 0 Å². The summed E-state index contributed by atoms with van der Waals surface area (Å²) < 4.78 is 7.37. The van der Waals surface area contributed by atoms with Gasteiger partial charge in [0.1, 0.15) is 11.8 Å². The van der Waals surface area contributed by atoms with Gasteiger partial charge in [0.05, 0.1) is 17.9 Å². The number of ether oxygens (including phenoxy) is 1. The smallest absolute Gasteiger partial charge is 0.247 e. The number of nitrogens with one attached hydrogen (secondary N) is 1. The molecular weight excluding hydrogens is 458 g/mol. The van der Waals surface area contributed by atoms with E-state index in [0.29, 0.717) is 13.1 Å². The highest BCUT2D eigenvalue weighted by atomic mass is 32.2. The third-order valence-corrected chi connectivity index (χ3v) is 7.56. The van der Waals surface area contributed by atoms with E-state index in [1.807, 2.05) is 79.8 Å². The molecule has 0 saturated carbocycles. The van der Waals surface area contributed by atoms with Crippen LogP contribution in [0.2, 0.25) is 0 Å². The number of hydrogen-bond acceptors (Lipinski definition) is 4. The van der Waals surface area contributed by atoms with Crippen LogP contribution < -0.4 is 10.1 Å². The number of aryl methyl sites for hydroxylation is 1. The number of amides is 2. The maximum absolute atomic E-state index is 13.8. The van der Waals surface area contributed by atoms with E-state index < -0.39 is 6.04 Å². The number of thioether (sulfide) groups is 1. The Morgan fingerprint density at radius 2 is 1.71 bits per heavy atom. The van der Waals surface area contributed by atoms with Crippen molar-refractivity contribution in [3.05, 3.63) is 95.6 Å². The fourth-order valence-corrected chi connectivity index (χ4v) is 5.71. The number of carbonyl (C=O) groups excluding carboxylic acids is 2. The molecule has 0 fully saturated rings. The number of rotatable bonds is 6. The number of fused-ring (bicyclic) bond motifs is 3. The molecule has 3 aromatic carbocycles. The van der Waals surface area contributed by atoms with Crippen LogP contribution in [0.3, 0.4) is 0 Å². The maximum Gasteiger partial charge on any atom is 0.247 e. The van der Waals surface area contributed by atoms with Gasteiger partial charge >= 0.3 is 0 Å². The first-order chi connectivity index (χ1) is 17.1. The van der Waals surface area contributed by atoms with E-state index in [4.69, 9.17) is 4.74 Å². The summed E-state index contributed by atoms with van der Waals surface area (Å²) in [7, 11) is 3.62. The van der Waals surface area contributed by atoms with E-state index in [1.54, 1.807) is 12.0 Å². The van der Waals surface area contributed by atoms with Gasteiger partial charge in [-0.1, -0.05) is 72.4 Å². The van der Waals surface area contributed by atoms with Crippen LogP contribution in [-0.2, 0) is 29.7 Å². The monoisotopic (exact) mass is 485 g/mol. The van der Waals surface area contributed by atoms with Gasteiger partial charge in [0.25, 0.3) is 0 Å². The molecule has 1 N–H and O–H groups in total. The first-order valence-corrected chi connectivity index (χ1v) is 12.5. The van der Waals surface area contributed by atoms with E-state index in [1.165, 1.54) is 11.8 Å². The largest absolute Gasteiger partial charge is 0.497 e. The van der Waals surface area contributed by atoms with Crippen LogP contribution in [0.25, 0.3) is 10.9 Å². The fraction of sp³-hybridized carbons (Fsp3) is 0.214. The Morgan fingerprint density at radius 1 is 1.00 bits per heavy atom. The maximum atomic E-state index is 13.8. The zero-order valence-electron chi connectivity index (χ0n) is 19.7. The van der Waals surface area contributed by atoms with Gasteiger partial charge < -0.3 is 19.5 Å². The molecule has 0 saturated heterocycles. The van der Waals surface area contributed by atoms with Crippen molar-refractivity contribution in [1.82, 2.24) is 14.8 Å². The Kier molecular flexibility index (Phi) is 6.51. The standard InChI is InChI=1S/C28H27N3O3S/c1-30-23-11-7-6-10-22(23)25-26(27(33)29-16-19-8-4-3-5-9-19)31(24(32)18-35-28(25)30)17-20-12-14-21(34-2)15-13-20/h3-15,26H,16-18H2,1-2H3,(H,29,33)/t26-/m0/s1. The number of para-hydroxylation sites is 1. The lowest BCUT2D eigenvalue weighted by atomic mass is 10.0. The Hall–Kier alpha value is -3.71. The van der Waals surface area contributed by atoms with Gasteiger partial charge in [0.2, 0.25) is 11.8 Å². The third-order valence-electron chi connectivity index (χ3n) is 6.40. The Balaban J connectivity index is 1.57. The number of benzene rings is 3. The number of aromatic nitrogens is 1. The molecule has 1 aliphatic rings. The molecule has 7 heteroatoms. The quantitative estimate of drug-likeness (QED) is 0.431. The lowest BCUT2D eigenvalue weighted by Gasteiger charge is -2.30. The summed E-state index contributed by atoms with van der Waals surface area (Å²) >= 11 is 1.50. The van der Waals surface area contributed by atoms with Gasteiger partial charge in [-0.15, -0.1) is 0 Å². The van der Waals surface area contributed by atoms with E-state index in [9.17, 15) is 9.59 Å². The van der Waals surface area contributed by atoms with Gasteiger partial charge in [-0.05, 0) is 29.3 Å². The van der Waals surface area contributed by atoms with Gasteiger partial charge in [0, 0.05) is 36.6 Å². The molecule has 1 atom stereocenters. The molecule has 5 rings (SSSR count). The average Bonchev–Trinajstić information content (AvgIpc) is 3.08. The van der Waals surface area contributed by atoms with E-state index in [-0.39, 0.29) is 17.6 Å². The molecule has 178 valence electrons. The zero-order valence-corrected chi connectivity index (χ0v) is 20.5. The molecule has 35 heavy (non-hydrogen) atoms. The molecule has 0 unspecified atom stereocenters. The predicted octanol–water partition coefficient (Wildman–Crippen LogP) is 4.68. The molecule has 0 radical (unpaired) electrons. The molecule has 2 heterocycles. The first kappa shape index (κ1) is 23.1. The number of methoxy groups -OCH3 is 1. The highest BCUT2D eigenvalue weighted by Crippen LogP contribution is 2.42. The van der Waals surface area contributed by atoms with Crippen LogP contribution in [0.4, 0.5) is 0 Å². The van der Waals surface area contributed by atoms with Crippen molar-refractivity contribution >= 4 is 34.5 Å². The number of carbonyl (C=O) groups is 2. The molecule has 2 amide bonds. The van der Waals surface area contributed by atoms with Crippen LogP contribution in [0, 0.1) is 0 Å². The highest BCUT2D eigenvalue weighted by molar-refractivity contribution is 8.00. The minimum Gasteiger partial charge on any atom is -0.497 e. The second kappa shape index (κ2) is 9.88. The van der Waals surface area contributed by atoms with Gasteiger partial charge in [-0.2, -0.15) is 0 Å². The molecule has 0 bridgehead atoms. The lowest BCUT2D eigenvalue weighted by Crippen LogP contribution is -2.43. The number of nitrogens with zero attached hydrogens (tertiary/aromatic N) is 2. The molecule has 1 aromatic heterocycles. The highest BCUT2D eigenvalue weighted by Gasteiger charge is 2.38. The zero-order chi connectivity index (χ0) is 24.4. The second-order valence-corrected chi connectivity index (χ2v) is 9.52. The topological polar surface area (TPSA) is 63.6 Å². The third kappa shape index (κ3) is 4.51. The van der Waals surface area contributed by atoms with Gasteiger partial charge in [-0.3, -0.25) is 9.59 Å². The van der Waals surface area contributed by atoms with Crippen LogP contribution in [0.1, 0.15) is 22.7 Å². The summed E-state index contributed by atoms with van der Waals surface area (Å²) in [4.78, 5) is 29.0. The van der Waals surface area contributed by atoms with Crippen molar-refractivity contribution in [2.75, 3.05) is 12.9 Å². The minimum atomic E-state index is -0.746. The summed E-state index contributed by atoms with van der Waals surface area (Å²) in [5.41, 5.74) is 3.88. The van der Waals surface area contributed by atoms with Crippen molar-refractivity contribution in [2.24, 2.45) is 7.05 Å². The summed E-state index contributed by atoms with van der Waals surface area (Å²) in [5.74, 6) is 0.775.